The molecule has 0 atom stereocenters. The molecule has 3 rings (SSSR count). The summed E-state index contributed by atoms with van der Waals surface area (Å²) in [7, 11) is 0. The van der Waals surface area contributed by atoms with Crippen molar-refractivity contribution in [3.63, 3.8) is 0 Å². The number of aromatic nitrogens is 2. The van der Waals surface area contributed by atoms with Crippen LogP contribution in [0, 0.1) is 41.5 Å². The molecule has 0 saturated carbocycles. The number of hydrogen-bond acceptors (Lipinski definition) is 0. The molecular formula is C26H34N2+2. The molecular weight excluding hydrogens is 340 g/mol. The van der Waals surface area contributed by atoms with Gasteiger partial charge < -0.3 is 0 Å². The summed E-state index contributed by atoms with van der Waals surface area (Å²) in [5.74, 6) is 0. The molecule has 28 heavy (non-hydrogen) atoms. The van der Waals surface area contributed by atoms with Crippen molar-refractivity contribution < 1.29 is 9.13 Å². The van der Waals surface area contributed by atoms with Crippen LogP contribution in [0.15, 0.2) is 42.5 Å². The van der Waals surface area contributed by atoms with Crippen LogP contribution in [0.5, 0.6) is 0 Å². The van der Waals surface area contributed by atoms with Gasteiger partial charge in [-0.05, 0) is 38.3 Å². The summed E-state index contributed by atoms with van der Waals surface area (Å²) in [6, 6.07) is 15.5. The molecule has 0 bridgehead atoms. The monoisotopic (exact) mass is 374 g/mol. The standard InChI is InChI=1S/C26H34N2/c1-8-27-18(2)14-25(20(4)22(27)6)16-26-15-19(3)28(23(7)21(26)5)17-24-12-10-9-11-13-24/h9-15H,8,16-17H2,1-7H3/q+2. The van der Waals surface area contributed by atoms with Crippen molar-refractivity contribution >= 4 is 0 Å². The van der Waals surface area contributed by atoms with Crippen LogP contribution >= 0.6 is 0 Å². The Balaban J connectivity index is 1.99. The van der Waals surface area contributed by atoms with E-state index in [2.05, 4.69) is 100 Å². The lowest BCUT2D eigenvalue weighted by molar-refractivity contribution is -0.705. The first-order valence-electron chi connectivity index (χ1n) is 10.4. The summed E-state index contributed by atoms with van der Waals surface area (Å²) in [6.45, 7) is 17.7. The first-order chi connectivity index (χ1) is 13.3. The van der Waals surface area contributed by atoms with Crippen molar-refractivity contribution in [2.45, 2.75) is 68.0 Å². The number of pyridine rings is 2. The third-order valence-corrected chi connectivity index (χ3v) is 6.36. The van der Waals surface area contributed by atoms with Crippen LogP contribution in [-0.2, 0) is 19.5 Å². The second-order valence-corrected chi connectivity index (χ2v) is 8.04. The van der Waals surface area contributed by atoms with Gasteiger partial charge in [-0.3, -0.25) is 0 Å². The van der Waals surface area contributed by atoms with Crippen LogP contribution in [0.25, 0.3) is 0 Å². The fraction of sp³-hybridized carbons (Fsp3) is 0.385. The smallest absolute Gasteiger partial charge is 0.181 e. The molecule has 0 N–H and O–H groups in total. The van der Waals surface area contributed by atoms with Crippen molar-refractivity contribution in [3.8, 4) is 0 Å². The van der Waals surface area contributed by atoms with Gasteiger partial charge in [-0.25, -0.2) is 4.57 Å². The van der Waals surface area contributed by atoms with Gasteiger partial charge >= 0.3 is 0 Å². The molecule has 1 aromatic carbocycles. The van der Waals surface area contributed by atoms with Gasteiger partial charge in [0.2, 0.25) is 0 Å². The molecule has 0 fully saturated rings. The predicted molar refractivity (Wildman–Crippen MR) is 116 cm³/mol. The first-order valence-corrected chi connectivity index (χ1v) is 10.4. The molecule has 2 heteroatoms. The first kappa shape index (κ1) is 20.3. The van der Waals surface area contributed by atoms with Gasteiger partial charge in [0.15, 0.2) is 29.3 Å². The Labute approximate surface area is 170 Å². The Morgan fingerprint density at radius 1 is 0.679 bits per heavy atom. The maximum absolute atomic E-state index is 2.44. The number of nitrogens with zero attached hydrogens (tertiary/aromatic N) is 2. The van der Waals surface area contributed by atoms with E-state index in [1.165, 1.54) is 50.6 Å². The van der Waals surface area contributed by atoms with E-state index in [4.69, 9.17) is 0 Å². The van der Waals surface area contributed by atoms with Crippen molar-refractivity contribution in [2.24, 2.45) is 0 Å². The van der Waals surface area contributed by atoms with Crippen molar-refractivity contribution in [1.29, 1.82) is 0 Å². The van der Waals surface area contributed by atoms with Gasteiger partial charge in [0.1, 0.15) is 6.54 Å². The maximum atomic E-state index is 2.44. The molecule has 0 aliphatic carbocycles. The van der Waals surface area contributed by atoms with E-state index in [0.29, 0.717) is 0 Å². The highest BCUT2D eigenvalue weighted by atomic mass is 15.0. The van der Waals surface area contributed by atoms with Crippen LogP contribution in [0.4, 0.5) is 0 Å². The van der Waals surface area contributed by atoms with Gasteiger partial charge in [-0.1, -0.05) is 30.3 Å². The van der Waals surface area contributed by atoms with Crippen LogP contribution in [0.1, 0.15) is 57.5 Å². The maximum Gasteiger partial charge on any atom is 0.181 e. The second kappa shape index (κ2) is 8.26. The highest BCUT2D eigenvalue weighted by Gasteiger charge is 2.21. The number of hydrogen-bond donors (Lipinski definition) is 0. The summed E-state index contributed by atoms with van der Waals surface area (Å²) in [4.78, 5) is 0. The van der Waals surface area contributed by atoms with E-state index in [0.717, 1.165) is 19.5 Å². The Bertz CT molecular complexity index is 1000. The van der Waals surface area contributed by atoms with Crippen LogP contribution in [0.3, 0.4) is 0 Å². The summed E-state index contributed by atoms with van der Waals surface area (Å²) in [6.07, 6.45) is 0.998. The van der Waals surface area contributed by atoms with Crippen LogP contribution in [-0.4, -0.2) is 0 Å². The zero-order valence-corrected chi connectivity index (χ0v) is 18.6. The van der Waals surface area contributed by atoms with Gasteiger partial charge in [-0.15, -0.1) is 0 Å². The van der Waals surface area contributed by atoms with E-state index in [-0.39, 0.29) is 0 Å². The molecule has 2 heterocycles. The summed E-state index contributed by atoms with van der Waals surface area (Å²) in [5.41, 5.74) is 12.5. The second-order valence-electron chi connectivity index (χ2n) is 8.04. The van der Waals surface area contributed by atoms with Crippen molar-refractivity contribution in [2.75, 3.05) is 0 Å². The largest absolute Gasteiger partial charge is 0.200 e. The van der Waals surface area contributed by atoms with Gasteiger partial charge in [0.05, 0.1) is 0 Å². The Hall–Kier alpha value is -2.48. The van der Waals surface area contributed by atoms with Crippen molar-refractivity contribution in [1.82, 2.24) is 0 Å². The lowest BCUT2D eigenvalue weighted by atomic mass is 9.95. The van der Waals surface area contributed by atoms with Crippen LogP contribution < -0.4 is 9.13 Å². The van der Waals surface area contributed by atoms with Gasteiger partial charge in [0, 0.05) is 56.5 Å². The predicted octanol–water partition coefficient (Wildman–Crippen LogP) is 4.77. The van der Waals surface area contributed by atoms with Crippen molar-refractivity contribution in [3.05, 3.63) is 93.1 Å². The molecule has 0 unspecified atom stereocenters. The molecule has 0 amide bonds. The average molecular weight is 375 g/mol. The highest BCUT2D eigenvalue weighted by molar-refractivity contribution is 5.37. The molecule has 0 spiro atoms. The zero-order valence-electron chi connectivity index (χ0n) is 18.6. The minimum Gasteiger partial charge on any atom is -0.200 e. The van der Waals surface area contributed by atoms with E-state index >= 15 is 0 Å². The molecule has 2 aromatic heterocycles. The quantitative estimate of drug-likeness (QED) is 0.568. The molecule has 0 saturated heterocycles. The fourth-order valence-corrected chi connectivity index (χ4v) is 4.34. The summed E-state index contributed by atoms with van der Waals surface area (Å²) >= 11 is 0. The van der Waals surface area contributed by atoms with E-state index in [1.54, 1.807) is 0 Å². The molecule has 146 valence electrons. The molecule has 3 aromatic rings. The third kappa shape index (κ3) is 3.87. The molecule has 0 aliphatic rings. The molecule has 2 nitrogen and oxygen atoms in total. The lowest BCUT2D eigenvalue weighted by Crippen LogP contribution is -2.42. The number of rotatable bonds is 5. The fourth-order valence-electron chi connectivity index (χ4n) is 4.34. The normalized spacial score (nSPS) is 11.1. The highest BCUT2D eigenvalue weighted by Crippen LogP contribution is 2.21. The lowest BCUT2D eigenvalue weighted by Gasteiger charge is -2.14. The SMILES string of the molecule is CC[n+]1c(C)cc(Cc2cc(C)[n+](Cc3ccccc3)c(C)c2C)c(C)c1C. The molecule has 0 aliphatic heterocycles. The average Bonchev–Trinajstić information content (AvgIpc) is 2.68. The zero-order chi connectivity index (χ0) is 20.4. The van der Waals surface area contributed by atoms with Gasteiger partial charge in [-0.2, -0.15) is 4.57 Å². The number of aryl methyl sites for hydroxylation is 2. The Morgan fingerprint density at radius 3 is 1.71 bits per heavy atom. The Morgan fingerprint density at radius 2 is 1.18 bits per heavy atom. The Kier molecular flexibility index (Phi) is 5.98. The van der Waals surface area contributed by atoms with E-state index in [9.17, 15) is 0 Å². The minimum absolute atomic E-state index is 0.929. The molecule has 0 radical (unpaired) electrons. The topological polar surface area (TPSA) is 7.76 Å². The van der Waals surface area contributed by atoms with E-state index in [1.807, 2.05) is 0 Å². The van der Waals surface area contributed by atoms with Crippen LogP contribution in [0.2, 0.25) is 0 Å². The van der Waals surface area contributed by atoms with Gasteiger partial charge in [0.25, 0.3) is 0 Å². The third-order valence-electron chi connectivity index (χ3n) is 6.36. The minimum atomic E-state index is 0.929. The number of benzene rings is 1. The van der Waals surface area contributed by atoms with E-state index < -0.39 is 0 Å². The summed E-state index contributed by atoms with van der Waals surface area (Å²) < 4.78 is 4.84. The summed E-state index contributed by atoms with van der Waals surface area (Å²) in [5, 5.41) is 0.